The van der Waals surface area contributed by atoms with Gasteiger partial charge in [-0.05, 0) is 32.0 Å². The van der Waals surface area contributed by atoms with Crippen molar-refractivity contribution in [3.63, 3.8) is 0 Å². The highest BCUT2D eigenvalue weighted by Gasteiger charge is 2.34. The molecule has 120 valence electrons. The Labute approximate surface area is 136 Å². The second-order valence-electron chi connectivity index (χ2n) is 6.33. The van der Waals surface area contributed by atoms with Crippen molar-refractivity contribution in [1.82, 2.24) is 5.32 Å². The molecule has 0 saturated carbocycles. The molecular formula is C19H21NO3. The van der Waals surface area contributed by atoms with Crippen molar-refractivity contribution < 1.29 is 14.3 Å². The highest BCUT2D eigenvalue weighted by molar-refractivity contribution is 5.97. The molecule has 1 unspecified atom stereocenters. The van der Waals surface area contributed by atoms with Crippen molar-refractivity contribution in [2.75, 3.05) is 7.11 Å². The molecule has 23 heavy (non-hydrogen) atoms. The summed E-state index contributed by atoms with van der Waals surface area (Å²) in [6.07, 6.45) is 0.713. The molecule has 2 aromatic rings. The molecule has 0 aliphatic carbocycles. The molecule has 0 fully saturated rings. The number of benzene rings is 2. The van der Waals surface area contributed by atoms with E-state index in [1.54, 1.807) is 19.2 Å². The number of amides is 1. The largest absolute Gasteiger partial charge is 0.496 e. The number of nitrogens with one attached hydrogen (secondary N) is 1. The Morgan fingerprint density at radius 1 is 1.17 bits per heavy atom. The number of methoxy groups -OCH3 is 1. The number of rotatable bonds is 3. The first-order valence-corrected chi connectivity index (χ1v) is 7.72. The minimum Gasteiger partial charge on any atom is -0.496 e. The summed E-state index contributed by atoms with van der Waals surface area (Å²) >= 11 is 0. The van der Waals surface area contributed by atoms with E-state index in [0.29, 0.717) is 17.7 Å². The molecule has 1 heterocycles. The number of ether oxygens (including phenoxy) is 2. The lowest BCUT2D eigenvalue weighted by molar-refractivity contribution is 0.0619. The molecule has 4 nitrogen and oxygen atoms in total. The zero-order valence-corrected chi connectivity index (χ0v) is 13.6. The Balaban J connectivity index is 1.89. The summed E-state index contributed by atoms with van der Waals surface area (Å²) in [5.74, 6) is 1.26. The van der Waals surface area contributed by atoms with Crippen LogP contribution in [-0.2, 0) is 0 Å². The van der Waals surface area contributed by atoms with Gasteiger partial charge in [0.2, 0.25) is 0 Å². The average molecular weight is 311 g/mol. The van der Waals surface area contributed by atoms with E-state index in [4.69, 9.17) is 9.47 Å². The fraction of sp³-hybridized carbons (Fsp3) is 0.316. The number of para-hydroxylation sites is 2. The number of carbonyl (C=O) groups is 1. The maximum atomic E-state index is 12.7. The van der Waals surface area contributed by atoms with Crippen molar-refractivity contribution in [3.05, 3.63) is 59.7 Å². The molecule has 1 aliphatic heterocycles. The lowest BCUT2D eigenvalue weighted by atomic mass is 9.89. The molecule has 1 atom stereocenters. The molecule has 1 N–H and O–H groups in total. The smallest absolute Gasteiger partial charge is 0.255 e. The topological polar surface area (TPSA) is 47.6 Å². The summed E-state index contributed by atoms with van der Waals surface area (Å²) in [5.41, 5.74) is 1.22. The Morgan fingerprint density at radius 3 is 2.65 bits per heavy atom. The van der Waals surface area contributed by atoms with Crippen LogP contribution in [0.25, 0.3) is 0 Å². The third-order valence-corrected chi connectivity index (χ3v) is 4.03. The van der Waals surface area contributed by atoms with E-state index in [2.05, 4.69) is 5.32 Å². The lowest BCUT2D eigenvalue weighted by Crippen LogP contribution is -2.41. The van der Waals surface area contributed by atoms with Crippen molar-refractivity contribution in [3.8, 4) is 11.5 Å². The molecule has 0 bridgehead atoms. The predicted octanol–water partition coefficient (Wildman–Crippen LogP) is 3.73. The van der Waals surface area contributed by atoms with E-state index in [1.807, 2.05) is 50.2 Å². The molecule has 0 spiro atoms. The van der Waals surface area contributed by atoms with Gasteiger partial charge < -0.3 is 14.8 Å². The Morgan fingerprint density at radius 2 is 1.87 bits per heavy atom. The van der Waals surface area contributed by atoms with Crippen LogP contribution < -0.4 is 14.8 Å². The van der Waals surface area contributed by atoms with Crippen LogP contribution in [0.3, 0.4) is 0 Å². The van der Waals surface area contributed by atoms with Crippen molar-refractivity contribution in [2.45, 2.75) is 31.9 Å². The SMILES string of the molecule is COc1ccccc1C(=O)NC1CC(C)(C)Oc2ccccc21. The molecule has 0 radical (unpaired) electrons. The molecule has 3 rings (SSSR count). The van der Waals surface area contributed by atoms with Crippen molar-refractivity contribution >= 4 is 5.91 Å². The number of carbonyl (C=O) groups excluding carboxylic acids is 1. The Kier molecular flexibility index (Phi) is 3.99. The van der Waals surface area contributed by atoms with Crippen molar-refractivity contribution in [1.29, 1.82) is 0 Å². The first-order chi connectivity index (χ1) is 11.0. The summed E-state index contributed by atoms with van der Waals surface area (Å²) < 4.78 is 11.3. The first-order valence-electron chi connectivity index (χ1n) is 7.72. The molecule has 0 saturated heterocycles. The Hall–Kier alpha value is -2.49. The second kappa shape index (κ2) is 5.95. The Bertz CT molecular complexity index is 724. The van der Waals surface area contributed by atoms with Crippen LogP contribution in [0.2, 0.25) is 0 Å². The summed E-state index contributed by atoms with van der Waals surface area (Å²) in [6.45, 7) is 4.07. The van der Waals surface area contributed by atoms with Gasteiger partial charge in [0.25, 0.3) is 5.91 Å². The van der Waals surface area contributed by atoms with E-state index in [1.165, 1.54) is 0 Å². The molecule has 4 heteroatoms. The van der Waals surface area contributed by atoms with Crippen LogP contribution in [0.15, 0.2) is 48.5 Å². The zero-order chi connectivity index (χ0) is 16.4. The van der Waals surface area contributed by atoms with Gasteiger partial charge in [0, 0.05) is 12.0 Å². The van der Waals surface area contributed by atoms with Crippen LogP contribution in [0.5, 0.6) is 11.5 Å². The highest BCUT2D eigenvalue weighted by Crippen LogP contribution is 2.39. The quantitative estimate of drug-likeness (QED) is 0.939. The summed E-state index contributed by atoms with van der Waals surface area (Å²) in [5, 5.41) is 3.12. The summed E-state index contributed by atoms with van der Waals surface area (Å²) in [7, 11) is 1.57. The standard InChI is InChI=1S/C19H21NO3/c1-19(2)12-15(13-8-4-7-11-17(13)23-19)20-18(21)14-9-5-6-10-16(14)22-3/h4-11,15H,12H2,1-3H3,(H,20,21). The van der Waals surface area contributed by atoms with E-state index >= 15 is 0 Å². The van der Waals surface area contributed by atoms with E-state index in [-0.39, 0.29) is 17.6 Å². The van der Waals surface area contributed by atoms with Crippen LogP contribution in [0, 0.1) is 0 Å². The van der Waals surface area contributed by atoms with Gasteiger partial charge in [-0.2, -0.15) is 0 Å². The van der Waals surface area contributed by atoms with Gasteiger partial charge in [-0.1, -0.05) is 30.3 Å². The minimum absolute atomic E-state index is 0.0904. The van der Waals surface area contributed by atoms with Crippen LogP contribution >= 0.6 is 0 Å². The zero-order valence-electron chi connectivity index (χ0n) is 13.6. The predicted molar refractivity (Wildman–Crippen MR) is 89.0 cm³/mol. The number of hydrogen-bond donors (Lipinski definition) is 1. The van der Waals surface area contributed by atoms with Crippen LogP contribution in [-0.4, -0.2) is 18.6 Å². The van der Waals surface area contributed by atoms with Gasteiger partial charge in [0.15, 0.2) is 0 Å². The van der Waals surface area contributed by atoms with Gasteiger partial charge in [-0.25, -0.2) is 0 Å². The van der Waals surface area contributed by atoms with Gasteiger partial charge in [0.1, 0.15) is 17.1 Å². The molecule has 2 aromatic carbocycles. The summed E-state index contributed by atoms with van der Waals surface area (Å²) in [6, 6.07) is 15.0. The van der Waals surface area contributed by atoms with Crippen molar-refractivity contribution in [2.24, 2.45) is 0 Å². The third-order valence-electron chi connectivity index (χ3n) is 4.03. The van der Waals surface area contributed by atoms with E-state index in [0.717, 1.165) is 11.3 Å². The molecule has 1 amide bonds. The third kappa shape index (κ3) is 3.16. The maximum Gasteiger partial charge on any atom is 0.255 e. The molecule has 0 aromatic heterocycles. The lowest BCUT2D eigenvalue weighted by Gasteiger charge is -2.37. The van der Waals surface area contributed by atoms with Gasteiger partial charge >= 0.3 is 0 Å². The van der Waals surface area contributed by atoms with Gasteiger partial charge in [-0.3, -0.25) is 4.79 Å². The molecule has 1 aliphatic rings. The van der Waals surface area contributed by atoms with E-state index < -0.39 is 0 Å². The van der Waals surface area contributed by atoms with Gasteiger partial charge in [-0.15, -0.1) is 0 Å². The van der Waals surface area contributed by atoms with Gasteiger partial charge in [0.05, 0.1) is 18.7 Å². The maximum absolute atomic E-state index is 12.7. The number of fused-ring (bicyclic) bond motifs is 1. The van der Waals surface area contributed by atoms with E-state index in [9.17, 15) is 4.79 Å². The average Bonchev–Trinajstić information content (AvgIpc) is 2.53. The summed E-state index contributed by atoms with van der Waals surface area (Å²) in [4.78, 5) is 12.7. The fourth-order valence-corrected chi connectivity index (χ4v) is 3.00. The number of hydrogen-bond acceptors (Lipinski definition) is 3. The van der Waals surface area contributed by atoms with Crippen LogP contribution in [0.1, 0.15) is 42.2 Å². The highest BCUT2D eigenvalue weighted by atomic mass is 16.5. The normalized spacial score (nSPS) is 18.5. The molecular weight excluding hydrogens is 290 g/mol. The second-order valence-corrected chi connectivity index (χ2v) is 6.33. The minimum atomic E-state index is -0.326. The monoisotopic (exact) mass is 311 g/mol. The fourth-order valence-electron chi connectivity index (χ4n) is 3.00. The van der Waals surface area contributed by atoms with Crippen LogP contribution in [0.4, 0.5) is 0 Å². The first kappa shape index (κ1) is 15.4.